The van der Waals surface area contributed by atoms with Gasteiger partial charge in [-0.1, -0.05) is 15.9 Å². The molecule has 2 aliphatic rings. The van der Waals surface area contributed by atoms with Gasteiger partial charge in [0.25, 0.3) is 0 Å². The first-order valence-corrected chi connectivity index (χ1v) is 7.79. The van der Waals surface area contributed by atoms with Gasteiger partial charge in [-0.15, -0.1) is 0 Å². The quantitative estimate of drug-likeness (QED) is 0.887. The fourth-order valence-corrected chi connectivity index (χ4v) is 2.94. The summed E-state index contributed by atoms with van der Waals surface area (Å²) in [6.45, 7) is 0.923. The van der Waals surface area contributed by atoms with Crippen LogP contribution in [0.5, 0.6) is 5.75 Å². The number of ether oxygens (including phenoxy) is 1. The fourth-order valence-electron chi connectivity index (χ4n) is 2.53. The summed E-state index contributed by atoms with van der Waals surface area (Å²) in [5, 5.41) is 3.56. The Labute approximate surface area is 117 Å². The van der Waals surface area contributed by atoms with Crippen LogP contribution in [0.25, 0.3) is 0 Å². The minimum Gasteiger partial charge on any atom is -0.490 e. The number of nitrogens with one attached hydrogen (secondary N) is 1. The molecule has 1 N–H and O–H groups in total. The molecule has 1 aromatic carbocycles. The Morgan fingerprint density at radius 1 is 1.17 bits per heavy atom. The maximum absolute atomic E-state index is 6.15. The van der Waals surface area contributed by atoms with Crippen LogP contribution in [-0.2, 0) is 6.54 Å². The third-order valence-electron chi connectivity index (χ3n) is 3.78. The van der Waals surface area contributed by atoms with Gasteiger partial charge in [0.15, 0.2) is 0 Å². The Kier molecular flexibility index (Phi) is 3.90. The lowest BCUT2D eigenvalue weighted by molar-refractivity contribution is 0.207. The highest BCUT2D eigenvalue weighted by atomic mass is 79.9. The molecule has 0 spiro atoms. The maximum atomic E-state index is 6.15. The van der Waals surface area contributed by atoms with E-state index in [-0.39, 0.29) is 0 Å². The summed E-state index contributed by atoms with van der Waals surface area (Å²) in [7, 11) is 0. The number of halogens is 1. The van der Waals surface area contributed by atoms with Gasteiger partial charge in [-0.25, -0.2) is 0 Å². The summed E-state index contributed by atoms with van der Waals surface area (Å²) in [5.41, 5.74) is 1.28. The molecule has 0 atom stereocenters. The average molecular weight is 310 g/mol. The Morgan fingerprint density at radius 2 is 1.94 bits per heavy atom. The van der Waals surface area contributed by atoms with Crippen LogP contribution in [0, 0.1) is 0 Å². The van der Waals surface area contributed by atoms with Crippen molar-refractivity contribution in [2.75, 3.05) is 0 Å². The number of benzene rings is 1. The van der Waals surface area contributed by atoms with Crippen LogP contribution in [0.3, 0.4) is 0 Å². The van der Waals surface area contributed by atoms with Gasteiger partial charge in [0, 0.05) is 22.6 Å². The highest BCUT2D eigenvalue weighted by Gasteiger charge is 2.22. The van der Waals surface area contributed by atoms with Crippen molar-refractivity contribution in [1.82, 2.24) is 5.32 Å². The van der Waals surface area contributed by atoms with Gasteiger partial charge < -0.3 is 10.1 Å². The predicted molar refractivity (Wildman–Crippen MR) is 76.9 cm³/mol. The molecular weight excluding hydrogens is 290 g/mol. The van der Waals surface area contributed by atoms with E-state index in [1.165, 1.54) is 44.1 Å². The first kappa shape index (κ1) is 12.5. The van der Waals surface area contributed by atoms with E-state index in [1.807, 2.05) is 0 Å². The molecule has 0 radical (unpaired) electrons. The fraction of sp³-hybridized carbons (Fsp3) is 0.600. The molecule has 0 heterocycles. The average Bonchev–Trinajstić information content (AvgIpc) is 3.06. The smallest absolute Gasteiger partial charge is 0.124 e. The normalized spacial score (nSPS) is 20.3. The van der Waals surface area contributed by atoms with E-state index in [2.05, 4.69) is 39.4 Å². The van der Waals surface area contributed by atoms with E-state index >= 15 is 0 Å². The molecule has 0 unspecified atom stereocenters. The summed E-state index contributed by atoms with van der Waals surface area (Å²) in [4.78, 5) is 0. The van der Waals surface area contributed by atoms with Crippen LogP contribution in [0.15, 0.2) is 22.7 Å². The molecule has 3 rings (SSSR count). The first-order chi connectivity index (χ1) is 8.81. The van der Waals surface area contributed by atoms with Crippen molar-refractivity contribution in [2.45, 2.75) is 57.2 Å². The van der Waals surface area contributed by atoms with Crippen molar-refractivity contribution in [1.29, 1.82) is 0 Å². The van der Waals surface area contributed by atoms with E-state index in [0.29, 0.717) is 6.10 Å². The summed E-state index contributed by atoms with van der Waals surface area (Å²) < 4.78 is 7.29. The number of hydrogen-bond donors (Lipinski definition) is 1. The summed E-state index contributed by atoms with van der Waals surface area (Å²) in [5.74, 6) is 1.07. The molecule has 0 aromatic heterocycles. The molecule has 0 aliphatic heterocycles. The summed E-state index contributed by atoms with van der Waals surface area (Å²) in [6.07, 6.45) is 8.15. The van der Waals surface area contributed by atoms with Gasteiger partial charge in [-0.2, -0.15) is 0 Å². The van der Waals surface area contributed by atoms with E-state index < -0.39 is 0 Å². The van der Waals surface area contributed by atoms with Gasteiger partial charge in [0.2, 0.25) is 0 Å². The van der Waals surface area contributed by atoms with Crippen molar-refractivity contribution in [3.63, 3.8) is 0 Å². The molecule has 2 aliphatic carbocycles. The Balaban J connectivity index is 1.69. The molecule has 3 heteroatoms. The first-order valence-electron chi connectivity index (χ1n) is 7.00. The minimum atomic E-state index is 0.436. The zero-order valence-corrected chi connectivity index (χ0v) is 12.2. The molecule has 1 aromatic rings. The van der Waals surface area contributed by atoms with Crippen LogP contribution < -0.4 is 10.1 Å². The summed E-state index contributed by atoms with van der Waals surface area (Å²) in [6, 6.07) is 7.10. The number of hydrogen-bond acceptors (Lipinski definition) is 2. The highest BCUT2D eigenvalue weighted by Crippen LogP contribution is 2.29. The molecule has 18 heavy (non-hydrogen) atoms. The predicted octanol–water partition coefficient (Wildman–Crippen LogP) is 4.02. The van der Waals surface area contributed by atoms with Crippen molar-refractivity contribution in [2.24, 2.45) is 0 Å². The lowest BCUT2D eigenvalue weighted by atomic mass is 10.2. The topological polar surface area (TPSA) is 21.3 Å². The standard InChI is InChI=1S/C15H20BrNO/c16-12-5-8-15(18-14-3-1-2-4-14)11(9-12)10-17-13-6-7-13/h5,8-9,13-14,17H,1-4,6-7,10H2. The zero-order chi connectivity index (χ0) is 12.4. The van der Waals surface area contributed by atoms with Crippen LogP contribution in [0.1, 0.15) is 44.1 Å². The van der Waals surface area contributed by atoms with Gasteiger partial charge in [0.1, 0.15) is 5.75 Å². The number of rotatable bonds is 5. The molecule has 0 bridgehead atoms. The molecule has 2 nitrogen and oxygen atoms in total. The molecule has 2 saturated carbocycles. The minimum absolute atomic E-state index is 0.436. The monoisotopic (exact) mass is 309 g/mol. The van der Waals surface area contributed by atoms with Gasteiger partial charge >= 0.3 is 0 Å². The van der Waals surface area contributed by atoms with Crippen molar-refractivity contribution >= 4 is 15.9 Å². The molecule has 98 valence electrons. The van der Waals surface area contributed by atoms with Crippen LogP contribution in [0.2, 0.25) is 0 Å². The second-order valence-electron chi connectivity index (χ2n) is 5.43. The molecule has 2 fully saturated rings. The Hall–Kier alpha value is -0.540. The Bertz CT molecular complexity index is 411. The molecule has 0 amide bonds. The zero-order valence-electron chi connectivity index (χ0n) is 10.6. The third-order valence-corrected chi connectivity index (χ3v) is 4.27. The van der Waals surface area contributed by atoms with E-state index in [1.54, 1.807) is 0 Å². The third kappa shape index (κ3) is 3.27. The second-order valence-corrected chi connectivity index (χ2v) is 6.35. The van der Waals surface area contributed by atoms with Crippen molar-refractivity contribution in [3.05, 3.63) is 28.2 Å². The van der Waals surface area contributed by atoms with Crippen molar-refractivity contribution in [3.8, 4) is 5.75 Å². The lowest BCUT2D eigenvalue weighted by Gasteiger charge is -2.17. The Morgan fingerprint density at radius 3 is 2.67 bits per heavy atom. The van der Waals surface area contributed by atoms with E-state index in [4.69, 9.17) is 4.74 Å². The second kappa shape index (κ2) is 5.62. The van der Waals surface area contributed by atoms with Gasteiger partial charge in [0.05, 0.1) is 6.10 Å². The van der Waals surface area contributed by atoms with Crippen molar-refractivity contribution < 1.29 is 4.74 Å². The maximum Gasteiger partial charge on any atom is 0.124 e. The van der Waals surface area contributed by atoms with E-state index in [9.17, 15) is 0 Å². The van der Waals surface area contributed by atoms with Gasteiger partial charge in [-0.3, -0.25) is 0 Å². The SMILES string of the molecule is Brc1ccc(OC2CCCC2)c(CNC2CC2)c1. The van der Waals surface area contributed by atoms with Gasteiger partial charge in [-0.05, 0) is 56.7 Å². The van der Waals surface area contributed by atoms with Crippen LogP contribution >= 0.6 is 15.9 Å². The van der Waals surface area contributed by atoms with E-state index in [0.717, 1.165) is 22.8 Å². The highest BCUT2D eigenvalue weighted by molar-refractivity contribution is 9.10. The van der Waals surface area contributed by atoms with Crippen LogP contribution in [0.4, 0.5) is 0 Å². The molecule has 0 saturated heterocycles. The van der Waals surface area contributed by atoms with Crippen LogP contribution in [-0.4, -0.2) is 12.1 Å². The molecular formula is C15H20BrNO. The summed E-state index contributed by atoms with van der Waals surface area (Å²) >= 11 is 3.55. The largest absolute Gasteiger partial charge is 0.490 e. The lowest BCUT2D eigenvalue weighted by Crippen LogP contribution is -2.18.